The molecule has 2 N–H and O–H groups in total. The molecule has 0 unspecified atom stereocenters. The standard InChI is InChI=1S/C31H31N5O6/c1-3-4-13-40-31(39)21-6-7-22-20(18(21)2)8-9-23(22)35-30(38)25-15-24(34-28-11-12-33-36(25)28)29(37)32-16-19-5-10-26-27(14-19)42-17-41-26/h5-7,10-12,14-15,23H,3-4,8-9,13,16-17H2,1-2H3,(H,32,37)(H,35,38)/t23-/m0/s1. The van der Waals surface area contributed by atoms with Crippen LogP contribution in [0.4, 0.5) is 0 Å². The first-order chi connectivity index (χ1) is 20.4. The Kier molecular flexibility index (Phi) is 7.47. The van der Waals surface area contributed by atoms with Crippen LogP contribution in [0.2, 0.25) is 0 Å². The summed E-state index contributed by atoms with van der Waals surface area (Å²) in [4.78, 5) is 43.6. The first-order valence-electron chi connectivity index (χ1n) is 14.0. The number of rotatable bonds is 9. The molecule has 2 amide bonds. The van der Waals surface area contributed by atoms with Crippen molar-refractivity contribution in [2.24, 2.45) is 0 Å². The molecular weight excluding hydrogens is 538 g/mol. The van der Waals surface area contributed by atoms with Crippen molar-refractivity contribution in [1.29, 1.82) is 0 Å². The van der Waals surface area contributed by atoms with Crippen LogP contribution in [0.15, 0.2) is 48.7 Å². The lowest BCUT2D eigenvalue weighted by Crippen LogP contribution is -2.30. The summed E-state index contributed by atoms with van der Waals surface area (Å²) in [5.74, 6) is 0.170. The topological polar surface area (TPSA) is 133 Å². The van der Waals surface area contributed by atoms with E-state index in [9.17, 15) is 14.4 Å². The highest BCUT2D eigenvalue weighted by atomic mass is 16.7. The Morgan fingerprint density at radius 3 is 2.79 bits per heavy atom. The van der Waals surface area contributed by atoms with Gasteiger partial charge in [-0.25, -0.2) is 14.3 Å². The van der Waals surface area contributed by atoms with Crippen LogP contribution in [-0.4, -0.2) is 45.8 Å². The quantitative estimate of drug-likeness (QED) is 0.228. The maximum atomic E-state index is 13.6. The Labute approximate surface area is 242 Å². The third-order valence-electron chi connectivity index (χ3n) is 7.66. The van der Waals surface area contributed by atoms with Crippen molar-refractivity contribution in [3.8, 4) is 11.5 Å². The van der Waals surface area contributed by atoms with E-state index in [4.69, 9.17) is 14.2 Å². The van der Waals surface area contributed by atoms with Crippen molar-refractivity contribution in [2.45, 2.75) is 52.1 Å². The van der Waals surface area contributed by atoms with E-state index in [2.05, 4.69) is 20.7 Å². The summed E-state index contributed by atoms with van der Waals surface area (Å²) >= 11 is 0. The second-order valence-corrected chi connectivity index (χ2v) is 10.4. The molecule has 2 aromatic carbocycles. The van der Waals surface area contributed by atoms with Crippen molar-refractivity contribution in [3.63, 3.8) is 0 Å². The number of ether oxygens (including phenoxy) is 3. The Bertz CT molecular complexity index is 1700. The van der Waals surface area contributed by atoms with E-state index in [-0.39, 0.29) is 42.6 Å². The predicted molar refractivity (Wildman–Crippen MR) is 152 cm³/mol. The SMILES string of the molecule is CCCCOC(=O)c1ccc2c(c1C)CC[C@@H]2NC(=O)c1cc(C(=O)NCc2ccc3c(c2)OCO3)nc2ccnn12. The average molecular weight is 570 g/mol. The molecule has 0 fully saturated rings. The van der Waals surface area contributed by atoms with Gasteiger partial charge in [0.2, 0.25) is 6.79 Å². The van der Waals surface area contributed by atoms with E-state index in [0.717, 1.165) is 41.5 Å². The van der Waals surface area contributed by atoms with E-state index in [1.54, 1.807) is 18.2 Å². The highest BCUT2D eigenvalue weighted by molar-refractivity contribution is 5.98. The molecule has 2 aromatic heterocycles. The molecule has 11 heteroatoms. The number of carbonyl (C=O) groups is 3. The molecule has 216 valence electrons. The minimum atomic E-state index is -0.425. The fourth-order valence-corrected chi connectivity index (χ4v) is 5.39. The Morgan fingerprint density at radius 1 is 1.07 bits per heavy atom. The average Bonchev–Trinajstić information content (AvgIpc) is 3.75. The highest BCUT2D eigenvalue weighted by Crippen LogP contribution is 2.35. The number of amides is 2. The van der Waals surface area contributed by atoms with Crippen LogP contribution < -0.4 is 20.1 Å². The Morgan fingerprint density at radius 2 is 1.93 bits per heavy atom. The summed E-state index contributed by atoms with van der Waals surface area (Å²) in [5, 5.41) is 10.2. The molecule has 4 aromatic rings. The molecule has 1 aliphatic heterocycles. The lowest BCUT2D eigenvalue weighted by atomic mass is 9.98. The van der Waals surface area contributed by atoms with Gasteiger partial charge in [-0.15, -0.1) is 0 Å². The van der Waals surface area contributed by atoms with Gasteiger partial charge in [0.05, 0.1) is 24.4 Å². The summed E-state index contributed by atoms with van der Waals surface area (Å²) in [6, 6.07) is 12.0. The molecule has 11 nitrogen and oxygen atoms in total. The van der Waals surface area contributed by atoms with Crippen LogP contribution in [-0.2, 0) is 17.7 Å². The molecule has 42 heavy (non-hydrogen) atoms. The van der Waals surface area contributed by atoms with Gasteiger partial charge in [-0.05, 0) is 66.6 Å². The lowest BCUT2D eigenvalue weighted by Gasteiger charge is -2.17. The fourth-order valence-electron chi connectivity index (χ4n) is 5.39. The number of unbranched alkanes of at least 4 members (excludes halogenated alkanes) is 1. The minimum absolute atomic E-state index is 0.0998. The fraction of sp³-hybridized carbons (Fsp3) is 0.323. The largest absolute Gasteiger partial charge is 0.462 e. The van der Waals surface area contributed by atoms with Crippen molar-refractivity contribution >= 4 is 23.4 Å². The number of nitrogens with one attached hydrogen (secondary N) is 2. The monoisotopic (exact) mass is 569 g/mol. The van der Waals surface area contributed by atoms with E-state index >= 15 is 0 Å². The van der Waals surface area contributed by atoms with E-state index < -0.39 is 5.91 Å². The number of aromatic nitrogens is 3. The molecule has 6 rings (SSSR count). The number of esters is 1. The zero-order chi connectivity index (χ0) is 29.2. The van der Waals surface area contributed by atoms with Gasteiger partial charge < -0.3 is 24.8 Å². The number of benzene rings is 2. The molecular formula is C31H31N5O6. The maximum Gasteiger partial charge on any atom is 0.338 e. The van der Waals surface area contributed by atoms with Gasteiger partial charge >= 0.3 is 5.97 Å². The Hall–Kier alpha value is -4.93. The minimum Gasteiger partial charge on any atom is -0.462 e. The summed E-state index contributed by atoms with van der Waals surface area (Å²) in [7, 11) is 0. The summed E-state index contributed by atoms with van der Waals surface area (Å²) in [6.45, 7) is 4.78. The summed E-state index contributed by atoms with van der Waals surface area (Å²) < 4.78 is 17.6. The van der Waals surface area contributed by atoms with Gasteiger partial charge in [-0.3, -0.25) is 9.59 Å². The molecule has 3 heterocycles. The van der Waals surface area contributed by atoms with Crippen molar-refractivity contribution < 1.29 is 28.6 Å². The van der Waals surface area contributed by atoms with Gasteiger partial charge in [0.15, 0.2) is 17.1 Å². The van der Waals surface area contributed by atoms with Crippen LogP contribution >= 0.6 is 0 Å². The molecule has 0 saturated heterocycles. The van der Waals surface area contributed by atoms with Crippen molar-refractivity contribution in [2.75, 3.05) is 13.4 Å². The van der Waals surface area contributed by atoms with Crippen LogP contribution in [0.5, 0.6) is 11.5 Å². The molecule has 0 saturated carbocycles. The van der Waals surface area contributed by atoms with Crippen LogP contribution in [0.1, 0.15) is 85.8 Å². The third kappa shape index (κ3) is 5.25. The van der Waals surface area contributed by atoms with Gasteiger partial charge in [0.25, 0.3) is 11.8 Å². The van der Waals surface area contributed by atoms with Gasteiger partial charge in [-0.1, -0.05) is 25.5 Å². The number of hydrogen-bond donors (Lipinski definition) is 2. The second-order valence-electron chi connectivity index (χ2n) is 10.4. The molecule has 1 aliphatic carbocycles. The van der Waals surface area contributed by atoms with Crippen LogP contribution in [0, 0.1) is 6.92 Å². The van der Waals surface area contributed by atoms with Gasteiger partial charge in [-0.2, -0.15) is 5.10 Å². The summed E-state index contributed by atoms with van der Waals surface area (Å²) in [5.41, 5.74) is 4.97. The lowest BCUT2D eigenvalue weighted by molar-refractivity contribution is 0.0498. The first kappa shape index (κ1) is 27.3. The zero-order valence-electron chi connectivity index (χ0n) is 23.4. The molecule has 0 spiro atoms. The van der Waals surface area contributed by atoms with Crippen LogP contribution in [0.25, 0.3) is 5.65 Å². The van der Waals surface area contributed by atoms with Gasteiger partial charge in [0.1, 0.15) is 11.4 Å². The van der Waals surface area contributed by atoms with E-state index in [1.807, 2.05) is 32.0 Å². The number of carbonyl (C=O) groups excluding carboxylic acids is 3. The molecule has 0 radical (unpaired) electrons. The normalized spacial score (nSPS) is 15.0. The number of nitrogens with zero attached hydrogens (tertiary/aromatic N) is 3. The second kappa shape index (κ2) is 11.5. The van der Waals surface area contributed by atoms with E-state index in [1.165, 1.54) is 16.8 Å². The van der Waals surface area contributed by atoms with E-state index in [0.29, 0.717) is 35.7 Å². The third-order valence-corrected chi connectivity index (χ3v) is 7.66. The highest BCUT2D eigenvalue weighted by Gasteiger charge is 2.29. The molecule has 1 atom stereocenters. The first-order valence-corrected chi connectivity index (χ1v) is 14.0. The van der Waals surface area contributed by atoms with Crippen molar-refractivity contribution in [1.82, 2.24) is 25.2 Å². The van der Waals surface area contributed by atoms with Crippen LogP contribution in [0.3, 0.4) is 0 Å². The van der Waals surface area contributed by atoms with Gasteiger partial charge in [0, 0.05) is 18.7 Å². The number of fused-ring (bicyclic) bond motifs is 3. The number of hydrogen-bond acceptors (Lipinski definition) is 8. The molecule has 0 bridgehead atoms. The smallest absolute Gasteiger partial charge is 0.338 e. The zero-order valence-corrected chi connectivity index (χ0v) is 23.4. The summed E-state index contributed by atoms with van der Waals surface area (Å²) in [6.07, 6.45) is 4.72. The van der Waals surface area contributed by atoms with Crippen molar-refractivity contribution in [3.05, 3.63) is 87.9 Å². The molecule has 2 aliphatic rings. The Balaban J connectivity index is 1.18. The predicted octanol–water partition coefficient (Wildman–Crippen LogP) is 4.07. The maximum absolute atomic E-state index is 13.6.